The van der Waals surface area contributed by atoms with Gasteiger partial charge in [0.25, 0.3) is 0 Å². The van der Waals surface area contributed by atoms with Gasteiger partial charge >= 0.3 is 12.4 Å². The number of amides is 1. The van der Waals surface area contributed by atoms with Crippen molar-refractivity contribution in [3.63, 3.8) is 0 Å². The number of rotatable bonds is 1. The molecular weight excluding hydrogens is 252 g/mol. The summed E-state index contributed by atoms with van der Waals surface area (Å²) in [6.07, 6.45) is -11.8. The lowest BCUT2D eigenvalue weighted by Gasteiger charge is -2.35. The first-order chi connectivity index (χ1) is 7.51. The predicted octanol–water partition coefficient (Wildman–Crippen LogP) is 2.63. The third-order valence-electron chi connectivity index (χ3n) is 3.04. The highest BCUT2D eigenvalue weighted by atomic mass is 19.4. The van der Waals surface area contributed by atoms with Crippen molar-refractivity contribution >= 4 is 5.91 Å². The monoisotopic (exact) mass is 263 g/mol. The van der Waals surface area contributed by atoms with E-state index in [9.17, 15) is 31.1 Å². The number of nitrogens with two attached hydrogens (primary N) is 1. The van der Waals surface area contributed by atoms with Crippen LogP contribution in [0.25, 0.3) is 0 Å². The van der Waals surface area contributed by atoms with Gasteiger partial charge in [-0.3, -0.25) is 4.79 Å². The Kier molecular flexibility index (Phi) is 3.63. The summed E-state index contributed by atoms with van der Waals surface area (Å²) in [5, 5.41) is 0. The number of carbonyl (C=O) groups excluding carboxylic acids is 1. The maximum Gasteiger partial charge on any atom is 0.391 e. The fraction of sp³-hybridized carbons (Fsp3) is 0.889. The van der Waals surface area contributed by atoms with E-state index in [1.807, 2.05) is 0 Å². The van der Waals surface area contributed by atoms with E-state index in [0.717, 1.165) is 0 Å². The molecule has 2 N–H and O–H groups in total. The van der Waals surface area contributed by atoms with Crippen molar-refractivity contribution in [1.29, 1.82) is 0 Å². The van der Waals surface area contributed by atoms with Crippen LogP contribution in [-0.4, -0.2) is 18.3 Å². The number of hydrogen-bond acceptors (Lipinski definition) is 1. The molecule has 1 aliphatic carbocycles. The van der Waals surface area contributed by atoms with Crippen LogP contribution in [0.3, 0.4) is 0 Å². The fourth-order valence-corrected chi connectivity index (χ4v) is 2.09. The summed E-state index contributed by atoms with van der Waals surface area (Å²) in [5.41, 5.74) is 4.80. The molecule has 0 radical (unpaired) electrons. The van der Waals surface area contributed by atoms with E-state index >= 15 is 0 Å². The highest BCUT2D eigenvalue weighted by Crippen LogP contribution is 2.47. The summed E-state index contributed by atoms with van der Waals surface area (Å²) >= 11 is 0. The third-order valence-corrected chi connectivity index (χ3v) is 3.04. The standard InChI is InChI=1S/C9H11F6NO/c10-8(11,12)5-1-4(7(16)17)2-6(3-5)9(13,14)15/h4-6H,1-3H2,(H2,16,17). The van der Waals surface area contributed by atoms with Crippen molar-refractivity contribution in [2.45, 2.75) is 31.6 Å². The van der Waals surface area contributed by atoms with Crippen LogP contribution in [0.5, 0.6) is 0 Å². The molecule has 0 aromatic heterocycles. The molecule has 0 bridgehead atoms. The Morgan fingerprint density at radius 3 is 1.47 bits per heavy atom. The highest BCUT2D eigenvalue weighted by molar-refractivity contribution is 5.76. The summed E-state index contributed by atoms with van der Waals surface area (Å²) in [5.74, 6) is -6.68. The van der Waals surface area contributed by atoms with Gasteiger partial charge in [-0.2, -0.15) is 26.3 Å². The smallest absolute Gasteiger partial charge is 0.369 e. The molecule has 0 spiro atoms. The van der Waals surface area contributed by atoms with Crippen LogP contribution in [0, 0.1) is 17.8 Å². The summed E-state index contributed by atoms with van der Waals surface area (Å²) in [6.45, 7) is 0. The van der Waals surface area contributed by atoms with Gasteiger partial charge in [0.15, 0.2) is 0 Å². The Balaban J connectivity index is 2.88. The van der Waals surface area contributed by atoms with E-state index in [0.29, 0.717) is 0 Å². The van der Waals surface area contributed by atoms with E-state index in [1.54, 1.807) is 0 Å². The van der Waals surface area contributed by atoms with Crippen molar-refractivity contribution < 1.29 is 31.1 Å². The number of hydrogen-bond donors (Lipinski definition) is 1. The molecule has 1 saturated carbocycles. The normalized spacial score (nSPS) is 31.3. The van der Waals surface area contributed by atoms with Gasteiger partial charge in [-0.1, -0.05) is 0 Å². The van der Waals surface area contributed by atoms with Gasteiger partial charge in [-0.05, 0) is 19.3 Å². The molecule has 0 aromatic rings. The van der Waals surface area contributed by atoms with E-state index in [4.69, 9.17) is 5.73 Å². The zero-order valence-electron chi connectivity index (χ0n) is 8.61. The van der Waals surface area contributed by atoms with Crippen LogP contribution in [0.15, 0.2) is 0 Å². The lowest BCUT2D eigenvalue weighted by atomic mass is 9.74. The second-order valence-electron chi connectivity index (χ2n) is 4.28. The minimum atomic E-state index is -4.72. The maximum atomic E-state index is 12.4. The Labute approximate surface area is 93.1 Å². The molecule has 0 aliphatic heterocycles. The number of halogens is 6. The molecule has 8 heteroatoms. The largest absolute Gasteiger partial charge is 0.391 e. The molecule has 100 valence electrons. The van der Waals surface area contributed by atoms with Gasteiger partial charge in [-0.25, -0.2) is 0 Å². The molecule has 1 fully saturated rings. The number of alkyl halides is 6. The Bertz CT molecular complexity index is 275. The van der Waals surface area contributed by atoms with E-state index in [-0.39, 0.29) is 0 Å². The van der Waals surface area contributed by atoms with Crippen LogP contribution in [-0.2, 0) is 4.79 Å². The SMILES string of the molecule is NC(=O)C1CC(C(F)(F)F)CC(C(F)(F)F)C1. The van der Waals surface area contributed by atoms with Gasteiger partial charge in [0.1, 0.15) is 0 Å². The molecule has 0 heterocycles. The topological polar surface area (TPSA) is 43.1 Å². The third kappa shape index (κ3) is 3.50. The zero-order valence-corrected chi connectivity index (χ0v) is 8.61. The summed E-state index contributed by atoms with van der Waals surface area (Å²) < 4.78 is 74.5. The molecule has 1 aliphatic rings. The molecule has 1 rings (SSSR count). The van der Waals surface area contributed by atoms with Crippen molar-refractivity contribution in [1.82, 2.24) is 0 Å². The van der Waals surface area contributed by atoms with Crippen molar-refractivity contribution in [3.05, 3.63) is 0 Å². The summed E-state index contributed by atoms with van der Waals surface area (Å²) in [7, 11) is 0. The van der Waals surface area contributed by atoms with Gasteiger partial charge < -0.3 is 5.73 Å². The second-order valence-corrected chi connectivity index (χ2v) is 4.28. The summed E-state index contributed by atoms with van der Waals surface area (Å²) in [4.78, 5) is 10.8. The zero-order chi connectivity index (χ0) is 13.4. The summed E-state index contributed by atoms with van der Waals surface area (Å²) in [6, 6.07) is 0. The maximum absolute atomic E-state index is 12.4. The Morgan fingerprint density at radius 2 is 1.24 bits per heavy atom. The van der Waals surface area contributed by atoms with Crippen LogP contribution in [0.2, 0.25) is 0 Å². The molecular formula is C9H11F6NO. The molecule has 2 atom stereocenters. The fourth-order valence-electron chi connectivity index (χ4n) is 2.09. The number of carbonyl (C=O) groups is 1. The van der Waals surface area contributed by atoms with E-state index in [1.165, 1.54) is 0 Å². The highest BCUT2D eigenvalue weighted by Gasteiger charge is 2.52. The molecule has 0 aromatic carbocycles. The Morgan fingerprint density at radius 1 is 0.882 bits per heavy atom. The minimum Gasteiger partial charge on any atom is -0.369 e. The van der Waals surface area contributed by atoms with Crippen molar-refractivity contribution in [2.24, 2.45) is 23.5 Å². The van der Waals surface area contributed by atoms with Crippen molar-refractivity contribution in [2.75, 3.05) is 0 Å². The molecule has 2 nitrogen and oxygen atoms in total. The van der Waals surface area contributed by atoms with E-state index < -0.39 is 55.3 Å². The average Bonchev–Trinajstić information content (AvgIpc) is 2.14. The first kappa shape index (κ1) is 14.1. The molecule has 1 amide bonds. The van der Waals surface area contributed by atoms with Crippen LogP contribution < -0.4 is 5.73 Å². The van der Waals surface area contributed by atoms with Gasteiger partial charge in [0.05, 0.1) is 11.8 Å². The first-order valence-electron chi connectivity index (χ1n) is 4.94. The Hall–Kier alpha value is -0.950. The van der Waals surface area contributed by atoms with Crippen LogP contribution in [0.1, 0.15) is 19.3 Å². The first-order valence-corrected chi connectivity index (χ1v) is 4.94. The number of primary amides is 1. The quantitative estimate of drug-likeness (QED) is 0.726. The molecule has 2 unspecified atom stereocenters. The van der Waals surface area contributed by atoms with Crippen LogP contribution >= 0.6 is 0 Å². The van der Waals surface area contributed by atoms with E-state index in [2.05, 4.69) is 0 Å². The molecule has 17 heavy (non-hydrogen) atoms. The lowest BCUT2D eigenvalue weighted by molar-refractivity contribution is -0.227. The van der Waals surface area contributed by atoms with Gasteiger partial charge in [0, 0.05) is 5.92 Å². The molecule has 0 saturated heterocycles. The van der Waals surface area contributed by atoms with Gasteiger partial charge in [0.2, 0.25) is 5.91 Å². The lowest BCUT2D eigenvalue weighted by Crippen LogP contribution is -2.42. The van der Waals surface area contributed by atoms with Crippen molar-refractivity contribution in [3.8, 4) is 0 Å². The van der Waals surface area contributed by atoms with Crippen LogP contribution in [0.4, 0.5) is 26.3 Å². The predicted molar refractivity (Wildman–Crippen MR) is 45.6 cm³/mol. The second kappa shape index (κ2) is 4.38. The average molecular weight is 263 g/mol. The van der Waals surface area contributed by atoms with Gasteiger partial charge in [-0.15, -0.1) is 0 Å². The minimum absolute atomic E-state index is 0.647.